The van der Waals surface area contributed by atoms with E-state index in [-0.39, 0.29) is 26.4 Å². The largest absolute Gasteiger partial charge is 0.497 e. The van der Waals surface area contributed by atoms with Gasteiger partial charge in [0.2, 0.25) is 0 Å². The van der Waals surface area contributed by atoms with Gasteiger partial charge in [0.05, 0.1) is 20.3 Å². The van der Waals surface area contributed by atoms with E-state index in [0.717, 1.165) is 16.7 Å². The van der Waals surface area contributed by atoms with Gasteiger partial charge < -0.3 is 39.2 Å². The van der Waals surface area contributed by atoms with Gasteiger partial charge in [-0.2, -0.15) is 0 Å². The van der Waals surface area contributed by atoms with E-state index in [1.165, 1.54) is 0 Å². The van der Waals surface area contributed by atoms with Gasteiger partial charge in [0, 0.05) is 6.54 Å². The van der Waals surface area contributed by atoms with E-state index in [4.69, 9.17) is 23.7 Å². The first-order chi connectivity index (χ1) is 18.5. The molecule has 1 aliphatic heterocycles. The van der Waals surface area contributed by atoms with Gasteiger partial charge in [-0.15, -0.1) is 0 Å². The maximum Gasteiger partial charge on any atom is 0.407 e. The number of benzene rings is 3. The minimum absolute atomic E-state index is 0.0319. The van der Waals surface area contributed by atoms with Gasteiger partial charge in [-0.3, -0.25) is 0 Å². The van der Waals surface area contributed by atoms with Crippen molar-refractivity contribution < 1.29 is 38.7 Å². The molecule has 5 atom stereocenters. The third-order valence-corrected chi connectivity index (χ3v) is 6.18. The fourth-order valence-electron chi connectivity index (χ4n) is 4.10. The van der Waals surface area contributed by atoms with Gasteiger partial charge in [0.15, 0.2) is 6.29 Å². The lowest BCUT2D eigenvalue weighted by molar-refractivity contribution is -0.299. The number of nitrogens with one attached hydrogen (secondary N) is 1. The molecule has 1 saturated heterocycles. The zero-order valence-corrected chi connectivity index (χ0v) is 21.1. The molecule has 0 saturated carbocycles. The Morgan fingerprint density at radius 3 is 1.95 bits per heavy atom. The predicted molar refractivity (Wildman–Crippen MR) is 138 cm³/mol. The van der Waals surface area contributed by atoms with E-state index in [1.54, 1.807) is 7.11 Å². The monoisotopic (exact) mass is 523 g/mol. The molecule has 4 rings (SSSR count). The summed E-state index contributed by atoms with van der Waals surface area (Å²) in [5.41, 5.74) is 2.61. The summed E-state index contributed by atoms with van der Waals surface area (Å²) in [6.45, 7) is 0.452. The fourth-order valence-corrected chi connectivity index (χ4v) is 4.10. The van der Waals surface area contributed by atoms with Crippen LogP contribution in [0.15, 0.2) is 84.9 Å². The Bertz CT molecular complexity index is 1110. The van der Waals surface area contributed by atoms with Crippen molar-refractivity contribution in [1.82, 2.24) is 5.32 Å². The average Bonchev–Trinajstić information content (AvgIpc) is 2.96. The maximum absolute atomic E-state index is 12.4. The van der Waals surface area contributed by atoms with Crippen LogP contribution in [0.3, 0.4) is 0 Å². The molecule has 0 unspecified atom stereocenters. The second kappa shape index (κ2) is 13.9. The van der Waals surface area contributed by atoms with Gasteiger partial charge in [0.1, 0.15) is 36.8 Å². The summed E-state index contributed by atoms with van der Waals surface area (Å²) in [7, 11) is 1.59. The van der Waals surface area contributed by atoms with Gasteiger partial charge in [-0.25, -0.2) is 4.79 Å². The number of alkyl carbamates (subject to hydrolysis) is 1. The van der Waals surface area contributed by atoms with Crippen molar-refractivity contribution >= 4 is 6.09 Å². The molecule has 1 aliphatic rings. The molecule has 1 heterocycles. The fraction of sp³-hybridized carbons (Fsp3) is 0.345. The molecule has 1 fully saturated rings. The van der Waals surface area contributed by atoms with Crippen molar-refractivity contribution in [2.45, 2.75) is 50.5 Å². The topological polar surface area (TPSA) is 116 Å². The van der Waals surface area contributed by atoms with E-state index in [0.29, 0.717) is 5.75 Å². The summed E-state index contributed by atoms with van der Waals surface area (Å²) >= 11 is 0. The molecule has 0 aromatic heterocycles. The second-order valence-corrected chi connectivity index (χ2v) is 8.88. The lowest BCUT2D eigenvalue weighted by atomic mass is 9.98. The first kappa shape index (κ1) is 27.6. The number of aliphatic hydroxyl groups excluding tert-OH is 2. The van der Waals surface area contributed by atoms with Crippen LogP contribution in [0.2, 0.25) is 0 Å². The van der Waals surface area contributed by atoms with E-state index >= 15 is 0 Å². The molecule has 0 radical (unpaired) electrons. The first-order valence-electron chi connectivity index (χ1n) is 12.4. The van der Waals surface area contributed by atoms with Crippen molar-refractivity contribution in [1.29, 1.82) is 0 Å². The normalized spacial score (nSPS) is 23.0. The molecule has 38 heavy (non-hydrogen) atoms. The van der Waals surface area contributed by atoms with Gasteiger partial charge in [-0.1, -0.05) is 72.8 Å². The Morgan fingerprint density at radius 2 is 1.34 bits per heavy atom. The SMILES string of the molecule is COc1ccc(CO[C@H]2[C@H](OCc3ccccc3)[C@H](O)[C@H](O)O[C@@H]2CNC(=O)OCc2ccccc2)cc1. The number of hydrogen-bond acceptors (Lipinski definition) is 8. The van der Waals surface area contributed by atoms with Crippen molar-refractivity contribution in [3.05, 3.63) is 102 Å². The first-order valence-corrected chi connectivity index (χ1v) is 12.4. The molecular weight excluding hydrogens is 490 g/mol. The van der Waals surface area contributed by atoms with Crippen LogP contribution in [-0.4, -0.2) is 60.7 Å². The van der Waals surface area contributed by atoms with Crippen LogP contribution in [0.5, 0.6) is 5.75 Å². The maximum atomic E-state index is 12.4. The third-order valence-electron chi connectivity index (χ3n) is 6.18. The molecule has 0 aliphatic carbocycles. The number of hydrogen-bond donors (Lipinski definition) is 3. The van der Waals surface area contributed by atoms with Crippen LogP contribution in [0.25, 0.3) is 0 Å². The van der Waals surface area contributed by atoms with Crippen LogP contribution in [0.1, 0.15) is 16.7 Å². The summed E-state index contributed by atoms with van der Waals surface area (Å²) in [4.78, 5) is 12.4. The van der Waals surface area contributed by atoms with Crippen LogP contribution in [-0.2, 0) is 38.8 Å². The Labute approximate surface area is 221 Å². The molecule has 3 aromatic carbocycles. The summed E-state index contributed by atoms with van der Waals surface area (Å²) in [5.74, 6) is 0.716. The quantitative estimate of drug-likeness (QED) is 0.351. The summed E-state index contributed by atoms with van der Waals surface area (Å²) in [6, 6.07) is 26.2. The van der Waals surface area contributed by atoms with Crippen LogP contribution in [0.4, 0.5) is 4.79 Å². The molecule has 0 bridgehead atoms. The Hall–Kier alpha value is -3.47. The van der Waals surface area contributed by atoms with Crippen LogP contribution >= 0.6 is 0 Å². The predicted octanol–water partition coefficient (Wildman–Crippen LogP) is 3.17. The number of carbonyl (C=O) groups is 1. The Morgan fingerprint density at radius 1 is 0.789 bits per heavy atom. The molecule has 3 aromatic rings. The van der Waals surface area contributed by atoms with Crippen molar-refractivity contribution in [3.8, 4) is 5.75 Å². The minimum atomic E-state index is -1.52. The van der Waals surface area contributed by atoms with Gasteiger partial charge in [0.25, 0.3) is 0 Å². The summed E-state index contributed by atoms with van der Waals surface area (Å²) < 4.78 is 28.4. The highest BCUT2D eigenvalue weighted by Crippen LogP contribution is 2.27. The zero-order chi connectivity index (χ0) is 26.7. The molecule has 202 valence electrons. The third kappa shape index (κ3) is 7.77. The van der Waals surface area contributed by atoms with Crippen LogP contribution in [0, 0.1) is 0 Å². The molecule has 3 N–H and O–H groups in total. The van der Waals surface area contributed by atoms with Crippen molar-refractivity contribution in [2.75, 3.05) is 13.7 Å². The van der Waals surface area contributed by atoms with Gasteiger partial charge >= 0.3 is 6.09 Å². The van der Waals surface area contributed by atoms with Gasteiger partial charge in [-0.05, 0) is 28.8 Å². The summed E-state index contributed by atoms with van der Waals surface area (Å²) in [6.07, 6.45) is -6.09. The van der Waals surface area contributed by atoms with E-state index in [1.807, 2.05) is 84.9 Å². The number of rotatable bonds is 11. The average molecular weight is 524 g/mol. The highest BCUT2D eigenvalue weighted by Gasteiger charge is 2.46. The zero-order valence-electron chi connectivity index (χ0n) is 21.1. The smallest absolute Gasteiger partial charge is 0.407 e. The molecule has 9 heteroatoms. The van der Waals surface area contributed by atoms with Crippen LogP contribution < -0.4 is 10.1 Å². The number of methoxy groups -OCH3 is 1. The lowest BCUT2D eigenvalue weighted by Crippen LogP contribution is -2.61. The molecule has 0 spiro atoms. The number of carbonyl (C=O) groups excluding carboxylic acids is 1. The molecule has 9 nitrogen and oxygen atoms in total. The number of aliphatic hydroxyl groups is 2. The van der Waals surface area contributed by atoms with Crippen molar-refractivity contribution in [2.24, 2.45) is 0 Å². The van der Waals surface area contributed by atoms with Crippen molar-refractivity contribution in [3.63, 3.8) is 0 Å². The highest BCUT2D eigenvalue weighted by molar-refractivity contribution is 5.67. The van der Waals surface area contributed by atoms with E-state index < -0.39 is 36.8 Å². The van der Waals surface area contributed by atoms with E-state index in [2.05, 4.69) is 5.32 Å². The van der Waals surface area contributed by atoms with E-state index in [9.17, 15) is 15.0 Å². The standard InChI is InChI=1S/C29H33NO8/c1-34-23-14-12-22(13-15-23)18-35-26-24(16-30-29(33)37-19-21-10-6-3-7-11-21)38-28(32)25(31)27(26)36-17-20-8-4-2-5-9-20/h2-15,24-28,31-32H,16-19H2,1H3,(H,30,33)/t24-,25+,26-,27-,28-/m1/s1. The molecular formula is C29H33NO8. The summed E-state index contributed by atoms with van der Waals surface area (Å²) in [5, 5.41) is 23.8. The number of ether oxygens (including phenoxy) is 5. The highest BCUT2D eigenvalue weighted by atomic mass is 16.7. The Balaban J connectivity index is 1.43. The second-order valence-electron chi connectivity index (χ2n) is 8.88. The molecule has 1 amide bonds. The minimum Gasteiger partial charge on any atom is -0.497 e. The lowest BCUT2D eigenvalue weighted by Gasteiger charge is -2.42. The number of amides is 1. The Kier molecular flexibility index (Phi) is 10.1.